The molecule has 0 spiro atoms. The maximum absolute atomic E-state index is 13.6. The predicted octanol–water partition coefficient (Wildman–Crippen LogP) is 1.83. The molecule has 220 valence electrons. The second kappa shape index (κ2) is 11.6. The van der Waals surface area contributed by atoms with Crippen LogP contribution in [-0.2, 0) is 14.4 Å². The Labute approximate surface area is 254 Å². The first-order valence-electron chi connectivity index (χ1n) is 12.6. The molecule has 0 saturated carbocycles. The fraction of sp³-hybridized carbons (Fsp3) is 0.192. The van der Waals surface area contributed by atoms with E-state index < -0.39 is 46.9 Å². The van der Waals surface area contributed by atoms with Crippen molar-refractivity contribution in [1.82, 2.24) is 35.7 Å². The van der Waals surface area contributed by atoms with Gasteiger partial charge < -0.3 is 30.9 Å². The number of rotatable bonds is 9. The number of hydrogen-bond acceptors (Lipinski definition) is 12. The summed E-state index contributed by atoms with van der Waals surface area (Å²) in [6.07, 6.45) is 0. The third-order valence-electron chi connectivity index (χ3n) is 6.72. The first kappa shape index (κ1) is 28.5. The highest BCUT2D eigenvalue weighted by molar-refractivity contribution is 8.01. The number of fused-ring (bicyclic) bond motifs is 2. The SMILES string of the molecule is O=C(O)C1=C(CSc2nncs2)CS[C@H]2C(NC(=O)C(NC(=O)c3nc4ccccc4[nH]3)c3ccc(O)cc3O)C(=O)N12. The summed E-state index contributed by atoms with van der Waals surface area (Å²) in [6.45, 7) is 0. The van der Waals surface area contributed by atoms with Gasteiger partial charge >= 0.3 is 5.97 Å². The molecule has 1 saturated heterocycles. The molecule has 4 aromatic rings. The lowest BCUT2D eigenvalue weighted by Crippen LogP contribution is -2.71. The van der Waals surface area contributed by atoms with Crippen molar-refractivity contribution in [3.8, 4) is 11.5 Å². The number of nitrogens with zero attached hydrogens (tertiary/aromatic N) is 4. The topological polar surface area (TPSA) is 211 Å². The summed E-state index contributed by atoms with van der Waals surface area (Å²) in [5.41, 5.74) is 3.05. The van der Waals surface area contributed by atoms with Crippen molar-refractivity contribution in [3.63, 3.8) is 0 Å². The third-order valence-corrected chi connectivity index (χ3v) is 10.0. The highest BCUT2D eigenvalue weighted by Gasteiger charge is 2.54. The molecule has 2 aliphatic rings. The van der Waals surface area contributed by atoms with Gasteiger partial charge in [0.25, 0.3) is 11.8 Å². The number of nitrogens with one attached hydrogen (secondary N) is 3. The lowest BCUT2D eigenvalue weighted by Gasteiger charge is -2.49. The van der Waals surface area contributed by atoms with Gasteiger partial charge in [-0.05, 0) is 29.8 Å². The van der Waals surface area contributed by atoms with E-state index in [1.165, 1.54) is 47.0 Å². The number of thioether (sulfide) groups is 2. The van der Waals surface area contributed by atoms with E-state index in [1.54, 1.807) is 29.8 Å². The van der Waals surface area contributed by atoms with Gasteiger partial charge in [0.05, 0.1) is 11.0 Å². The minimum atomic E-state index is -1.50. The molecule has 14 nitrogen and oxygen atoms in total. The number of carbonyl (C=O) groups excluding carboxylic acids is 3. The van der Waals surface area contributed by atoms with Gasteiger partial charge in [0.1, 0.15) is 40.2 Å². The van der Waals surface area contributed by atoms with Gasteiger partial charge in [0, 0.05) is 23.1 Å². The molecule has 0 aliphatic carbocycles. The van der Waals surface area contributed by atoms with Crippen molar-refractivity contribution in [2.45, 2.75) is 21.8 Å². The molecule has 6 N–H and O–H groups in total. The Balaban J connectivity index is 1.22. The number of carboxylic acid groups (broad SMARTS) is 1. The number of H-pyrrole nitrogens is 1. The zero-order valence-corrected chi connectivity index (χ0v) is 24.2. The number of aromatic nitrogens is 4. The maximum atomic E-state index is 13.6. The molecule has 4 heterocycles. The molecule has 2 aromatic heterocycles. The van der Waals surface area contributed by atoms with Crippen LogP contribution in [0.5, 0.6) is 11.5 Å². The van der Waals surface area contributed by atoms with Gasteiger partial charge in [-0.15, -0.1) is 22.0 Å². The number of aromatic hydroxyl groups is 2. The Hall–Kier alpha value is -4.61. The highest BCUT2D eigenvalue weighted by Crippen LogP contribution is 2.42. The fourth-order valence-electron chi connectivity index (χ4n) is 4.73. The van der Waals surface area contributed by atoms with Crippen molar-refractivity contribution < 1.29 is 34.5 Å². The van der Waals surface area contributed by atoms with Crippen LogP contribution in [0.1, 0.15) is 22.2 Å². The number of amides is 3. The molecule has 3 atom stereocenters. The van der Waals surface area contributed by atoms with Gasteiger partial charge in [-0.2, -0.15) is 0 Å². The van der Waals surface area contributed by atoms with Crippen LogP contribution in [0, 0.1) is 0 Å². The maximum Gasteiger partial charge on any atom is 0.352 e. The number of aliphatic carboxylic acids is 1. The molecular weight excluding hydrogens is 619 g/mol. The largest absolute Gasteiger partial charge is 0.508 e. The smallest absolute Gasteiger partial charge is 0.352 e. The van der Waals surface area contributed by atoms with Gasteiger partial charge in [0.15, 0.2) is 10.2 Å². The van der Waals surface area contributed by atoms with Crippen LogP contribution in [0.3, 0.4) is 0 Å². The Kier molecular flexibility index (Phi) is 7.68. The van der Waals surface area contributed by atoms with E-state index >= 15 is 0 Å². The van der Waals surface area contributed by atoms with Crippen LogP contribution in [0.15, 0.2) is 63.6 Å². The average Bonchev–Trinajstić information content (AvgIpc) is 3.67. The minimum absolute atomic E-state index is 0.0400. The van der Waals surface area contributed by atoms with E-state index in [9.17, 15) is 34.5 Å². The molecule has 1 fully saturated rings. The Morgan fingerprint density at radius 3 is 2.72 bits per heavy atom. The van der Waals surface area contributed by atoms with Crippen molar-refractivity contribution in [2.24, 2.45) is 0 Å². The Bertz CT molecular complexity index is 1760. The van der Waals surface area contributed by atoms with E-state index in [0.717, 1.165) is 11.0 Å². The van der Waals surface area contributed by atoms with Crippen LogP contribution < -0.4 is 10.6 Å². The molecular formula is C26H21N7O7S3. The molecule has 2 unspecified atom stereocenters. The summed E-state index contributed by atoms with van der Waals surface area (Å²) in [5.74, 6) is -3.69. The average molecular weight is 640 g/mol. The van der Waals surface area contributed by atoms with Crippen molar-refractivity contribution in [1.29, 1.82) is 0 Å². The first-order valence-corrected chi connectivity index (χ1v) is 15.5. The summed E-state index contributed by atoms with van der Waals surface area (Å²) in [6, 6.07) is 7.89. The molecule has 6 rings (SSSR count). The number of hydrogen-bond donors (Lipinski definition) is 6. The molecule has 2 aliphatic heterocycles. The second-order valence-corrected chi connectivity index (χ2v) is 12.6. The van der Waals surface area contributed by atoms with Crippen molar-refractivity contribution in [3.05, 3.63) is 70.6 Å². The Morgan fingerprint density at radius 2 is 2.00 bits per heavy atom. The summed E-state index contributed by atoms with van der Waals surface area (Å²) < 4.78 is 0.664. The van der Waals surface area contributed by atoms with E-state index in [2.05, 4.69) is 30.8 Å². The predicted molar refractivity (Wildman–Crippen MR) is 156 cm³/mol. The lowest BCUT2D eigenvalue weighted by atomic mass is 10.0. The Morgan fingerprint density at radius 1 is 1.19 bits per heavy atom. The minimum Gasteiger partial charge on any atom is -0.508 e. The van der Waals surface area contributed by atoms with E-state index in [-0.39, 0.29) is 22.8 Å². The van der Waals surface area contributed by atoms with Gasteiger partial charge in [-0.25, -0.2) is 9.78 Å². The fourth-order valence-corrected chi connectivity index (χ4v) is 7.70. The van der Waals surface area contributed by atoms with Crippen LogP contribution in [0.2, 0.25) is 0 Å². The molecule has 17 heteroatoms. The van der Waals surface area contributed by atoms with Gasteiger partial charge in [-0.3, -0.25) is 19.3 Å². The number of carbonyl (C=O) groups is 4. The zero-order valence-electron chi connectivity index (χ0n) is 21.8. The van der Waals surface area contributed by atoms with Gasteiger partial charge in [-0.1, -0.05) is 35.2 Å². The van der Waals surface area contributed by atoms with E-state index in [0.29, 0.717) is 32.5 Å². The standard InChI is InChI=1S/C26H21N7O7S3/c34-12-5-6-13(16(35)7-12)17(30-22(37)20-28-14-3-1-2-4-15(14)29-20)21(36)31-18-23(38)33-19(25(39)40)11(8-41-24(18)33)9-42-26-32-27-10-43-26/h1-7,10,17-18,24,34-35H,8-9H2,(H,28,29)(H,30,37)(H,31,36)(H,39,40)/t17?,18?,24-/m0/s1. The number of imidazole rings is 1. The van der Waals surface area contributed by atoms with E-state index in [4.69, 9.17) is 0 Å². The number of phenolic OH excluding ortho intramolecular Hbond substituents is 2. The number of aromatic amines is 1. The summed E-state index contributed by atoms with van der Waals surface area (Å²) in [5, 5.41) is 42.4. The highest BCUT2D eigenvalue weighted by atomic mass is 32.2. The first-order chi connectivity index (χ1) is 20.7. The monoisotopic (exact) mass is 639 g/mol. The van der Waals surface area contributed by atoms with Crippen molar-refractivity contribution >= 4 is 69.6 Å². The molecule has 2 aromatic carbocycles. The molecule has 0 radical (unpaired) electrons. The number of carboxylic acids is 1. The normalized spacial score (nSPS) is 18.6. The zero-order chi connectivity index (χ0) is 30.2. The van der Waals surface area contributed by atoms with Crippen LogP contribution in [-0.4, -0.2) is 87.0 Å². The summed E-state index contributed by atoms with van der Waals surface area (Å²) >= 11 is 3.93. The van der Waals surface area contributed by atoms with E-state index in [1.807, 2.05) is 0 Å². The molecule has 43 heavy (non-hydrogen) atoms. The van der Waals surface area contributed by atoms with Gasteiger partial charge in [0.2, 0.25) is 5.91 Å². The van der Waals surface area contributed by atoms with Crippen molar-refractivity contribution in [2.75, 3.05) is 11.5 Å². The van der Waals surface area contributed by atoms with Crippen LogP contribution in [0.4, 0.5) is 0 Å². The number of para-hydroxylation sites is 2. The third kappa shape index (κ3) is 5.49. The number of phenols is 2. The second-order valence-electron chi connectivity index (χ2n) is 9.40. The van der Waals surface area contributed by atoms with Crippen LogP contribution >= 0.6 is 34.9 Å². The summed E-state index contributed by atoms with van der Waals surface area (Å²) in [4.78, 5) is 60.4. The quantitative estimate of drug-likeness (QED) is 0.114. The van der Waals surface area contributed by atoms with Crippen LogP contribution in [0.25, 0.3) is 11.0 Å². The lowest BCUT2D eigenvalue weighted by molar-refractivity contribution is -0.151. The molecule has 3 amide bonds. The summed E-state index contributed by atoms with van der Waals surface area (Å²) in [7, 11) is 0. The number of benzene rings is 2. The number of β-lactam (4-membered cyclic amide) rings is 1. The molecule has 0 bridgehead atoms.